The van der Waals surface area contributed by atoms with Gasteiger partial charge in [-0.1, -0.05) is 12.1 Å². The van der Waals surface area contributed by atoms with Gasteiger partial charge in [0.2, 0.25) is 5.91 Å². The van der Waals surface area contributed by atoms with E-state index in [-0.39, 0.29) is 23.5 Å². The minimum atomic E-state index is -0.286. The molecule has 2 amide bonds. The summed E-state index contributed by atoms with van der Waals surface area (Å²) < 4.78 is 21.0. The molecule has 2 aromatic rings. The van der Waals surface area contributed by atoms with Crippen LogP contribution in [0.3, 0.4) is 0 Å². The smallest absolute Gasteiger partial charge is 0.253 e. The highest BCUT2D eigenvalue weighted by molar-refractivity contribution is 6.04. The van der Waals surface area contributed by atoms with E-state index in [1.54, 1.807) is 19.2 Å². The van der Waals surface area contributed by atoms with E-state index in [2.05, 4.69) is 15.6 Å². The molecular weight excluding hydrogens is 411 g/mol. The molecule has 32 heavy (non-hydrogen) atoms. The van der Waals surface area contributed by atoms with Crippen LogP contribution in [-0.2, 0) is 16.0 Å². The molecule has 0 atom stereocenters. The van der Waals surface area contributed by atoms with Crippen LogP contribution in [0.25, 0.3) is 11.6 Å². The number of hydrogen-bond acceptors (Lipinski definition) is 5. The van der Waals surface area contributed by atoms with Crippen molar-refractivity contribution in [2.24, 2.45) is 5.92 Å². The second-order valence-electron chi connectivity index (χ2n) is 8.34. The quantitative estimate of drug-likeness (QED) is 0.753. The Labute approximate surface area is 185 Å². The standard InChI is InChI=1S/C24H25FN4O3/c1-26-24(31)19-13-27-22(28-23(30)14-5-6-14)18-12-15(11-17(18)19)16-3-2-4-20(21(16)25)29-7-9-32-10-8-29/h2-4,11,13-14H,5-10,12H2,1H3,(H,26,31)(H,27,28,30). The lowest BCUT2D eigenvalue weighted by molar-refractivity contribution is -0.117. The summed E-state index contributed by atoms with van der Waals surface area (Å²) in [5, 5.41) is 5.54. The summed E-state index contributed by atoms with van der Waals surface area (Å²) in [5.41, 5.74) is 3.63. The Bertz CT molecular complexity index is 1120. The fourth-order valence-corrected chi connectivity index (χ4v) is 4.30. The average molecular weight is 436 g/mol. The number of allylic oxidation sites excluding steroid dienone is 1. The molecule has 1 aliphatic heterocycles. The molecule has 3 aliphatic rings. The van der Waals surface area contributed by atoms with Crippen LogP contribution >= 0.6 is 0 Å². The molecule has 0 spiro atoms. The van der Waals surface area contributed by atoms with Gasteiger partial charge in [0, 0.05) is 49.8 Å². The van der Waals surface area contributed by atoms with Crippen molar-refractivity contribution in [3.63, 3.8) is 0 Å². The highest BCUT2D eigenvalue weighted by atomic mass is 19.1. The minimum absolute atomic E-state index is 0.0301. The van der Waals surface area contributed by atoms with Crippen LogP contribution in [0.5, 0.6) is 0 Å². The molecule has 166 valence electrons. The van der Waals surface area contributed by atoms with E-state index in [1.165, 1.54) is 6.20 Å². The van der Waals surface area contributed by atoms with E-state index < -0.39 is 0 Å². The number of amides is 2. The maximum absolute atomic E-state index is 15.6. The highest BCUT2D eigenvalue weighted by Crippen LogP contribution is 2.40. The number of fused-ring (bicyclic) bond motifs is 1. The fourth-order valence-electron chi connectivity index (χ4n) is 4.30. The monoisotopic (exact) mass is 436 g/mol. The summed E-state index contributed by atoms with van der Waals surface area (Å²) in [4.78, 5) is 31.1. The number of benzene rings is 1. The molecular formula is C24H25FN4O3. The third kappa shape index (κ3) is 3.75. The maximum Gasteiger partial charge on any atom is 0.253 e. The first-order valence-electron chi connectivity index (χ1n) is 10.9. The zero-order valence-corrected chi connectivity index (χ0v) is 17.9. The van der Waals surface area contributed by atoms with Gasteiger partial charge in [-0.3, -0.25) is 9.59 Å². The molecule has 1 saturated carbocycles. The number of morpholine rings is 1. The molecule has 1 saturated heterocycles. The molecule has 1 aromatic heterocycles. The number of halogens is 1. The molecule has 2 heterocycles. The third-order valence-electron chi connectivity index (χ3n) is 6.25. The van der Waals surface area contributed by atoms with Crippen LogP contribution in [0.2, 0.25) is 0 Å². The number of nitrogens with one attached hydrogen (secondary N) is 2. The summed E-state index contributed by atoms with van der Waals surface area (Å²) in [7, 11) is 1.56. The second-order valence-corrected chi connectivity index (χ2v) is 8.34. The van der Waals surface area contributed by atoms with Gasteiger partial charge in [-0.25, -0.2) is 9.37 Å². The number of pyridine rings is 1. The van der Waals surface area contributed by atoms with Crippen LogP contribution in [0.4, 0.5) is 15.9 Å². The van der Waals surface area contributed by atoms with Crippen molar-refractivity contribution >= 4 is 35.0 Å². The number of hydrogen-bond donors (Lipinski definition) is 2. The number of ether oxygens (including phenoxy) is 1. The molecule has 2 N–H and O–H groups in total. The Morgan fingerprint density at radius 1 is 1.22 bits per heavy atom. The Hall–Kier alpha value is -3.26. The lowest BCUT2D eigenvalue weighted by atomic mass is 10.0. The molecule has 5 rings (SSSR count). The number of aromatic nitrogens is 1. The topological polar surface area (TPSA) is 83.6 Å². The van der Waals surface area contributed by atoms with E-state index in [0.29, 0.717) is 60.9 Å². The van der Waals surface area contributed by atoms with E-state index in [9.17, 15) is 9.59 Å². The molecule has 0 bridgehead atoms. The SMILES string of the molecule is CNC(=O)c1cnc(NC(=O)C2CC2)c2c1C=C(c1cccc(N3CCOCC3)c1F)C2. The molecule has 7 nitrogen and oxygen atoms in total. The lowest BCUT2D eigenvalue weighted by Gasteiger charge is -2.29. The highest BCUT2D eigenvalue weighted by Gasteiger charge is 2.32. The van der Waals surface area contributed by atoms with Crippen molar-refractivity contribution in [2.45, 2.75) is 19.3 Å². The van der Waals surface area contributed by atoms with Crippen molar-refractivity contribution in [3.05, 3.63) is 52.5 Å². The van der Waals surface area contributed by atoms with Gasteiger partial charge in [0.1, 0.15) is 5.82 Å². The Morgan fingerprint density at radius 3 is 2.72 bits per heavy atom. The number of carbonyl (C=O) groups excluding carboxylic acids is 2. The van der Waals surface area contributed by atoms with E-state index in [1.807, 2.05) is 17.0 Å². The number of rotatable bonds is 5. The Balaban J connectivity index is 1.52. The van der Waals surface area contributed by atoms with Crippen molar-refractivity contribution in [3.8, 4) is 0 Å². The zero-order chi connectivity index (χ0) is 22.2. The summed E-state index contributed by atoms with van der Waals surface area (Å²) in [6.45, 7) is 2.43. The van der Waals surface area contributed by atoms with Crippen LogP contribution < -0.4 is 15.5 Å². The number of nitrogens with zero attached hydrogens (tertiary/aromatic N) is 2. The van der Waals surface area contributed by atoms with Gasteiger partial charge in [-0.15, -0.1) is 0 Å². The van der Waals surface area contributed by atoms with Gasteiger partial charge in [0.15, 0.2) is 5.82 Å². The van der Waals surface area contributed by atoms with Crippen molar-refractivity contribution in [2.75, 3.05) is 43.6 Å². The fraction of sp³-hybridized carbons (Fsp3) is 0.375. The van der Waals surface area contributed by atoms with Crippen LogP contribution in [0.1, 0.15) is 39.9 Å². The Morgan fingerprint density at radius 2 is 2.00 bits per heavy atom. The number of carbonyl (C=O) groups is 2. The van der Waals surface area contributed by atoms with Gasteiger partial charge in [0.25, 0.3) is 5.91 Å². The van der Waals surface area contributed by atoms with E-state index in [4.69, 9.17) is 4.74 Å². The number of anilines is 2. The normalized spacial score (nSPS) is 17.6. The molecule has 2 fully saturated rings. The third-order valence-corrected chi connectivity index (χ3v) is 6.25. The zero-order valence-electron chi connectivity index (χ0n) is 17.9. The van der Waals surface area contributed by atoms with Crippen LogP contribution in [-0.4, -0.2) is 50.1 Å². The van der Waals surface area contributed by atoms with Crippen molar-refractivity contribution in [1.82, 2.24) is 10.3 Å². The maximum atomic E-state index is 15.6. The van der Waals surface area contributed by atoms with Gasteiger partial charge < -0.3 is 20.3 Å². The van der Waals surface area contributed by atoms with Crippen molar-refractivity contribution < 1.29 is 18.7 Å². The molecule has 8 heteroatoms. The average Bonchev–Trinajstić information content (AvgIpc) is 3.58. The lowest BCUT2D eigenvalue weighted by Crippen LogP contribution is -2.36. The summed E-state index contributed by atoms with van der Waals surface area (Å²) >= 11 is 0. The Kier molecular flexibility index (Phi) is 5.38. The molecule has 0 radical (unpaired) electrons. The predicted octanol–water partition coefficient (Wildman–Crippen LogP) is 2.86. The van der Waals surface area contributed by atoms with Crippen LogP contribution in [0, 0.1) is 11.7 Å². The van der Waals surface area contributed by atoms with E-state index in [0.717, 1.165) is 24.0 Å². The second kappa shape index (κ2) is 8.35. The predicted molar refractivity (Wildman–Crippen MR) is 120 cm³/mol. The largest absolute Gasteiger partial charge is 0.378 e. The first kappa shape index (κ1) is 20.6. The van der Waals surface area contributed by atoms with Gasteiger partial charge in [-0.05, 0) is 36.1 Å². The van der Waals surface area contributed by atoms with Crippen LogP contribution in [0.15, 0.2) is 24.4 Å². The van der Waals surface area contributed by atoms with Gasteiger partial charge in [-0.2, -0.15) is 0 Å². The first-order chi connectivity index (χ1) is 15.6. The minimum Gasteiger partial charge on any atom is -0.378 e. The molecule has 1 aromatic carbocycles. The summed E-state index contributed by atoms with van der Waals surface area (Å²) in [6.07, 6.45) is 5.47. The summed E-state index contributed by atoms with van der Waals surface area (Å²) in [5.74, 6) is -0.134. The summed E-state index contributed by atoms with van der Waals surface area (Å²) in [6, 6.07) is 5.39. The van der Waals surface area contributed by atoms with Gasteiger partial charge in [0.05, 0.1) is 24.5 Å². The van der Waals surface area contributed by atoms with Crippen molar-refractivity contribution in [1.29, 1.82) is 0 Å². The van der Waals surface area contributed by atoms with E-state index >= 15 is 4.39 Å². The molecule has 0 unspecified atom stereocenters. The first-order valence-corrected chi connectivity index (χ1v) is 10.9. The molecule has 2 aliphatic carbocycles. The van der Waals surface area contributed by atoms with Gasteiger partial charge >= 0.3 is 0 Å².